The van der Waals surface area contributed by atoms with Crippen LogP contribution in [0.3, 0.4) is 0 Å². The summed E-state index contributed by atoms with van der Waals surface area (Å²) in [6.07, 6.45) is 0. The zero-order chi connectivity index (χ0) is 19.0. The number of carbonyl (C=O) groups is 2. The van der Waals surface area contributed by atoms with Crippen molar-refractivity contribution < 1.29 is 9.59 Å². The van der Waals surface area contributed by atoms with Gasteiger partial charge < -0.3 is 14.8 Å². The zero-order valence-corrected chi connectivity index (χ0v) is 16.1. The van der Waals surface area contributed by atoms with E-state index in [0.29, 0.717) is 24.3 Å². The first kappa shape index (κ1) is 18.2. The predicted octanol–water partition coefficient (Wildman–Crippen LogP) is 2.81. The van der Waals surface area contributed by atoms with Crippen LogP contribution in [0.5, 0.6) is 0 Å². The molecule has 1 fully saturated rings. The van der Waals surface area contributed by atoms with Crippen LogP contribution in [0.25, 0.3) is 0 Å². The number of piperazine rings is 1. The van der Waals surface area contributed by atoms with E-state index in [9.17, 15) is 9.59 Å². The van der Waals surface area contributed by atoms with Gasteiger partial charge in [0.05, 0.1) is 11.3 Å². The molecular formula is C20H26N4O2. The summed E-state index contributed by atoms with van der Waals surface area (Å²) in [4.78, 5) is 36.4. The number of aromatic amines is 1. The maximum absolute atomic E-state index is 13.0. The lowest BCUT2D eigenvalue weighted by Crippen LogP contribution is -2.49. The highest BCUT2D eigenvalue weighted by Crippen LogP contribution is 2.23. The lowest BCUT2D eigenvalue weighted by molar-refractivity contribution is 0.0745. The second-order valence-corrected chi connectivity index (χ2v) is 7.07. The molecular weight excluding hydrogens is 328 g/mol. The summed E-state index contributed by atoms with van der Waals surface area (Å²) in [7, 11) is 0. The minimum Gasteiger partial charge on any atom is -0.368 e. The van der Waals surface area contributed by atoms with Crippen LogP contribution in [0, 0.1) is 27.7 Å². The number of ketones is 1. The first-order valence-corrected chi connectivity index (χ1v) is 8.97. The Labute approximate surface area is 154 Å². The third kappa shape index (κ3) is 3.36. The van der Waals surface area contributed by atoms with Gasteiger partial charge in [-0.05, 0) is 45.4 Å². The number of hydrogen-bond donors (Lipinski definition) is 1. The monoisotopic (exact) mass is 354 g/mol. The number of carbonyl (C=O) groups excluding carboxylic acids is 2. The number of nitrogens with zero attached hydrogens (tertiary/aromatic N) is 3. The number of pyridine rings is 1. The molecule has 0 aliphatic carbocycles. The molecule has 3 rings (SSSR count). The highest BCUT2D eigenvalue weighted by Gasteiger charge is 2.27. The van der Waals surface area contributed by atoms with Crippen LogP contribution >= 0.6 is 0 Å². The van der Waals surface area contributed by atoms with Crippen LogP contribution in [0.1, 0.15) is 50.4 Å². The first-order valence-electron chi connectivity index (χ1n) is 8.97. The summed E-state index contributed by atoms with van der Waals surface area (Å²) >= 11 is 0. The van der Waals surface area contributed by atoms with Gasteiger partial charge in [0.15, 0.2) is 5.78 Å². The summed E-state index contributed by atoms with van der Waals surface area (Å²) in [6, 6.07) is 4.17. The van der Waals surface area contributed by atoms with Crippen molar-refractivity contribution in [2.24, 2.45) is 0 Å². The normalized spacial score (nSPS) is 14.7. The Hall–Kier alpha value is -2.63. The Balaban J connectivity index is 1.74. The van der Waals surface area contributed by atoms with Gasteiger partial charge in [0.25, 0.3) is 5.91 Å². The Kier molecular flexibility index (Phi) is 4.85. The zero-order valence-electron chi connectivity index (χ0n) is 16.1. The summed E-state index contributed by atoms with van der Waals surface area (Å²) in [6.45, 7) is 12.1. The molecule has 0 aromatic carbocycles. The molecule has 2 aromatic heterocycles. The van der Waals surface area contributed by atoms with Crippen molar-refractivity contribution in [2.75, 3.05) is 31.1 Å². The van der Waals surface area contributed by atoms with E-state index in [4.69, 9.17) is 0 Å². The molecule has 0 radical (unpaired) electrons. The third-order valence-corrected chi connectivity index (χ3v) is 5.00. The van der Waals surface area contributed by atoms with Gasteiger partial charge in [-0.3, -0.25) is 14.6 Å². The van der Waals surface area contributed by atoms with Crippen LogP contribution in [-0.2, 0) is 0 Å². The first-order chi connectivity index (χ1) is 12.3. The van der Waals surface area contributed by atoms with Crippen molar-refractivity contribution in [2.45, 2.75) is 34.6 Å². The lowest BCUT2D eigenvalue weighted by Gasteiger charge is -2.36. The Morgan fingerprint density at radius 2 is 1.58 bits per heavy atom. The molecule has 0 saturated carbocycles. The summed E-state index contributed by atoms with van der Waals surface area (Å²) < 4.78 is 0. The van der Waals surface area contributed by atoms with Gasteiger partial charge in [0, 0.05) is 55.9 Å². The third-order valence-electron chi connectivity index (χ3n) is 5.00. The molecule has 26 heavy (non-hydrogen) atoms. The topological polar surface area (TPSA) is 69.3 Å². The second kappa shape index (κ2) is 6.94. The van der Waals surface area contributed by atoms with Crippen LogP contribution < -0.4 is 4.90 Å². The summed E-state index contributed by atoms with van der Waals surface area (Å²) in [5.74, 6) is -0.0385. The second-order valence-electron chi connectivity index (χ2n) is 7.07. The van der Waals surface area contributed by atoms with Gasteiger partial charge in [-0.1, -0.05) is 0 Å². The number of hydrogen-bond acceptors (Lipinski definition) is 4. The van der Waals surface area contributed by atoms with Crippen molar-refractivity contribution in [1.29, 1.82) is 0 Å². The SMILES string of the molecule is CC(=O)c1[nH]c(C)c(C(=O)N2CCN(c3cc(C)nc(C)c3)CC2)c1C. The molecule has 1 N–H and O–H groups in total. The Morgan fingerprint density at radius 1 is 1.00 bits per heavy atom. The van der Waals surface area contributed by atoms with E-state index in [1.165, 1.54) is 6.92 Å². The number of rotatable bonds is 3. The highest BCUT2D eigenvalue weighted by molar-refractivity contribution is 6.02. The maximum atomic E-state index is 13.0. The van der Waals surface area contributed by atoms with E-state index in [0.717, 1.165) is 41.4 Å². The van der Waals surface area contributed by atoms with Crippen molar-refractivity contribution >= 4 is 17.4 Å². The minimum absolute atomic E-state index is 0.00508. The molecule has 138 valence electrons. The molecule has 1 saturated heterocycles. The van der Waals surface area contributed by atoms with Crippen molar-refractivity contribution in [1.82, 2.24) is 14.9 Å². The highest BCUT2D eigenvalue weighted by atomic mass is 16.2. The number of nitrogens with one attached hydrogen (secondary N) is 1. The Bertz CT molecular complexity index is 841. The smallest absolute Gasteiger partial charge is 0.256 e. The molecule has 6 heteroatoms. The van der Waals surface area contributed by atoms with E-state index in [1.807, 2.05) is 32.6 Å². The number of H-pyrrole nitrogens is 1. The molecule has 0 spiro atoms. The van der Waals surface area contributed by atoms with Gasteiger partial charge in [-0.25, -0.2) is 0 Å². The molecule has 0 bridgehead atoms. The standard InChI is InChI=1S/C20H26N4O2/c1-12-10-17(11-13(2)21-12)23-6-8-24(9-7-23)20(26)18-14(3)19(16(5)25)22-15(18)4/h10-11,22H,6-9H2,1-5H3. The predicted molar refractivity (Wildman–Crippen MR) is 102 cm³/mol. The van der Waals surface area contributed by atoms with Crippen molar-refractivity contribution in [3.8, 4) is 0 Å². The van der Waals surface area contributed by atoms with Crippen LogP contribution in [0.2, 0.25) is 0 Å². The van der Waals surface area contributed by atoms with Crippen molar-refractivity contribution in [3.05, 3.63) is 46.0 Å². The molecule has 6 nitrogen and oxygen atoms in total. The number of aryl methyl sites for hydroxylation is 3. The van der Waals surface area contributed by atoms with E-state index in [2.05, 4.69) is 27.0 Å². The molecule has 3 heterocycles. The fourth-order valence-corrected chi connectivity index (χ4v) is 3.74. The number of aromatic nitrogens is 2. The fourth-order valence-electron chi connectivity index (χ4n) is 3.74. The molecule has 2 aromatic rings. The largest absolute Gasteiger partial charge is 0.368 e. The fraction of sp³-hybridized carbons (Fsp3) is 0.450. The van der Waals surface area contributed by atoms with Crippen LogP contribution in [-0.4, -0.2) is 52.7 Å². The van der Waals surface area contributed by atoms with Gasteiger partial charge in [-0.2, -0.15) is 0 Å². The van der Waals surface area contributed by atoms with Crippen LogP contribution in [0.15, 0.2) is 12.1 Å². The van der Waals surface area contributed by atoms with Gasteiger partial charge in [0.2, 0.25) is 0 Å². The molecule has 0 atom stereocenters. The molecule has 1 aliphatic rings. The average molecular weight is 354 g/mol. The quantitative estimate of drug-likeness (QED) is 0.861. The number of anilines is 1. The van der Waals surface area contributed by atoms with E-state index >= 15 is 0 Å². The number of amides is 1. The maximum Gasteiger partial charge on any atom is 0.256 e. The minimum atomic E-state index is -0.0436. The molecule has 1 aliphatic heterocycles. The lowest BCUT2D eigenvalue weighted by atomic mass is 10.1. The van der Waals surface area contributed by atoms with Crippen LogP contribution in [0.4, 0.5) is 5.69 Å². The average Bonchev–Trinajstić information content (AvgIpc) is 2.88. The van der Waals surface area contributed by atoms with Crippen molar-refractivity contribution in [3.63, 3.8) is 0 Å². The van der Waals surface area contributed by atoms with Gasteiger partial charge >= 0.3 is 0 Å². The van der Waals surface area contributed by atoms with Gasteiger partial charge in [-0.15, -0.1) is 0 Å². The van der Waals surface area contributed by atoms with E-state index < -0.39 is 0 Å². The summed E-state index contributed by atoms with van der Waals surface area (Å²) in [5.41, 5.74) is 5.87. The van der Waals surface area contributed by atoms with E-state index in [1.54, 1.807) is 0 Å². The Morgan fingerprint density at radius 3 is 2.08 bits per heavy atom. The molecule has 1 amide bonds. The van der Waals surface area contributed by atoms with E-state index in [-0.39, 0.29) is 11.7 Å². The van der Waals surface area contributed by atoms with Gasteiger partial charge in [0.1, 0.15) is 0 Å². The molecule has 0 unspecified atom stereocenters. The number of Topliss-reactive ketones (excluding diaryl/α,β-unsaturated/α-hetero) is 1. The summed E-state index contributed by atoms with van der Waals surface area (Å²) in [5, 5.41) is 0.